The van der Waals surface area contributed by atoms with Gasteiger partial charge in [-0.05, 0) is 18.6 Å². The lowest BCUT2D eigenvalue weighted by molar-refractivity contribution is -0.138. The smallest absolute Gasteiger partial charge is 0.326 e. The van der Waals surface area contributed by atoms with Crippen LogP contribution in [0.3, 0.4) is 0 Å². The van der Waals surface area contributed by atoms with Crippen LogP contribution in [0.2, 0.25) is 0 Å². The molecule has 0 aliphatic heterocycles. The molecule has 1 atom stereocenters. The Bertz CT molecular complexity index is 660. The molecular formula is C12H11F2N3O2S. The van der Waals surface area contributed by atoms with Crippen LogP contribution in [-0.4, -0.2) is 16.1 Å². The first-order valence-corrected chi connectivity index (χ1v) is 6.43. The van der Waals surface area contributed by atoms with Crippen molar-refractivity contribution in [1.29, 1.82) is 0 Å². The summed E-state index contributed by atoms with van der Waals surface area (Å²) in [5, 5.41) is 13.0. The second kappa shape index (κ2) is 5.51. The van der Waals surface area contributed by atoms with E-state index in [2.05, 4.69) is 10.3 Å². The largest absolute Gasteiger partial charge is 0.480 e. The van der Waals surface area contributed by atoms with E-state index in [0.29, 0.717) is 0 Å². The normalized spacial score (nSPS) is 12.2. The molecule has 0 bridgehead atoms. The highest BCUT2D eigenvalue weighted by Gasteiger charge is 2.18. The Morgan fingerprint density at radius 2 is 2.15 bits per heavy atom. The number of nitrogens with zero attached hydrogens (tertiary/aromatic N) is 1. The molecule has 5 nitrogen and oxygen atoms in total. The Morgan fingerprint density at radius 3 is 2.80 bits per heavy atom. The first-order valence-electron chi connectivity index (χ1n) is 5.55. The van der Waals surface area contributed by atoms with Crippen LogP contribution in [0.5, 0.6) is 0 Å². The molecule has 1 aromatic heterocycles. The monoisotopic (exact) mass is 299 g/mol. The van der Waals surface area contributed by atoms with Gasteiger partial charge in [-0.2, -0.15) is 0 Å². The summed E-state index contributed by atoms with van der Waals surface area (Å²) in [7, 11) is 0. The first kappa shape index (κ1) is 14.4. The fourth-order valence-electron chi connectivity index (χ4n) is 1.47. The number of halogens is 2. The maximum Gasteiger partial charge on any atom is 0.326 e. The van der Waals surface area contributed by atoms with Crippen LogP contribution in [0, 0.1) is 18.6 Å². The number of anilines is 2. The molecule has 0 aliphatic rings. The van der Waals surface area contributed by atoms with Crippen molar-refractivity contribution in [1.82, 2.24) is 4.98 Å². The standard InChI is InChI=1S/C12H11F2N3O2S/c1-5-2-7(14)8(3-6(5)13)16-12-17-9(4-20-12)10(15)11(18)19/h2-4,10H,15H2,1H3,(H,16,17)(H,18,19). The van der Waals surface area contributed by atoms with Gasteiger partial charge in [-0.1, -0.05) is 0 Å². The number of carboxylic acid groups (broad SMARTS) is 1. The Hall–Kier alpha value is -2.06. The fraction of sp³-hybridized carbons (Fsp3) is 0.167. The van der Waals surface area contributed by atoms with Crippen molar-refractivity contribution in [2.24, 2.45) is 5.73 Å². The van der Waals surface area contributed by atoms with E-state index in [1.165, 1.54) is 12.3 Å². The molecule has 0 saturated carbocycles. The average molecular weight is 299 g/mol. The summed E-state index contributed by atoms with van der Waals surface area (Å²) < 4.78 is 27.0. The van der Waals surface area contributed by atoms with E-state index < -0.39 is 23.6 Å². The Balaban J connectivity index is 2.23. The zero-order valence-electron chi connectivity index (χ0n) is 10.4. The number of aromatic nitrogens is 1. The van der Waals surface area contributed by atoms with Crippen molar-refractivity contribution in [2.45, 2.75) is 13.0 Å². The third-order valence-corrected chi connectivity index (χ3v) is 3.37. The number of nitrogens with two attached hydrogens (primary N) is 1. The molecule has 0 fully saturated rings. The topological polar surface area (TPSA) is 88.2 Å². The van der Waals surface area contributed by atoms with Gasteiger partial charge in [-0.25, -0.2) is 13.8 Å². The molecule has 1 unspecified atom stereocenters. The van der Waals surface area contributed by atoms with Gasteiger partial charge in [0.15, 0.2) is 5.13 Å². The van der Waals surface area contributed by atoms with Crippen LogP contribution in [0.4, 0.5) is 19.6 Å². The summed E-state index contributed by atoms with van der Waals surface area (Å²) in [6, 6.07) is 0.833. The van der Waals surface area contributed by atoms with Crippen molar-refractivity contribution < 1.29 is 18.7 Å². The minimum absolute atomic E-state index is 0.0714. The molecule has 8 heteroatoms. The molecule has 0 spiro atoms. The molecule has 1 aromatic carbocycles. The zero-order valence-corrected chi connectivity index (χ0v) is 11.2. The molecule has 0 amide bonds. The summed E-state index contributed by atoms with van der Waals surface area (Å²) in [5.74, 6) is -2.38. The predicted octanol–water partition coefficient (Wildman–Crippen LogP) is 2.56. The van der Waals surface area contributed by atoms with E-state index in [1.54, 1.807) is 0 Å². The van der Waals surface area contributed by atoms with Gasteiger partial charge in [0, 0.05) is 11.4 Å². The summed E-state index contributed by atoms with van der Waals surface area (Å²) in [6.07, 6.45) is 0. The molecule has 0 saturated heterocycles. The lowest BCUT2D eigenvalue weighted by Crippen LogP contribution is -2.20. The maximum atomic E-state index is 13.6. The minimum Gasteiger partial charge on any atom is -0.480 e. The predicted molar refractivity (Wildman–Crippen MR) is 71.1 cm³/mol. The molecular weight excluding hydrogens is 288 g/mol. The lowest BCUT2D eigenvalue weighted by atomic mass is 10.2. The van der Waals surface area contributed by atoms with E-state index in [-0.39, 0.29) is 22.1 Å². The molecule has 20 heavy (non-hydrogen) atoms. The summed E-state index contributed by atoms with van der Waals surface area (Å²) >= 11 is 1.05. The lowest BCUT2D eigenvalue weighted by Gasteiger charge is -2.06. The van der Waals surface area contributed by atoms with Gasteiger partial charge >= 0.3 is 5.97 Å². The van der Waals surface area contributed by atoms with Crippen LogP contribution >= 0.6 is 11.3 Å². The Kier molecular flexibility index (Phi) is 3.96. The number of carboxylic acids is 1. The quantitative estimate of drug-likeness (QED) is 0.807. The van der Waals surface area contributed by atoms with E-state index in [0.717, 1.165) is 23.5 Å². The average Bonchev–Trinajstić information content (AvgIpc) is 2.83. The van der Waals surface area contributed by atoms with Crippen LogP contribution in [0.1, 0.15) is 17.3 Å². The van der Waals surface area contributed by atoms with Gasteiger partial charge in [-0.15, -0.1) is 11.3 Å². The van der Waals surface area contributed by atoms with Gasteiger partial charge in [0.25, 0.3) is 0 Å². The van der Waals surface area contributed by atoms with E-state index in [9.17, 15) is 13.6 Å². The minimum atomic E-state index is -1.25. The number of benzene rings is 1. The highest BCUT2D eigenvalue weighted by atomic mass is 32.1. The number of rotatable bonds is 4. The summed E-state index contributed by atoms with van der Waals surface area (Å²) in [5.41, 5.74) is 5.68. The zero-order chi connectivity index (χ0) is 14.9. The van der Waals surface area contributed by atoms with Gasteiger partial charge in [0.1, 0.15) is 17.7 Å². The van der Waals surface area contributed by atoms with Gasteiger partial charge < -0.3 is 16.2 Å². The Labute approximate surface area is 117 Å². The molecule has 1 heterocycles. The molecule has 0 radical (unpaired) electrons. The van der Waals surface area contributed by atoms with Gasteiger partial charge in [-0.3, -0.25) is 4.79 Å². The van der Waals surface area contributed by atoms with E-state index >= 15 is 0 Å². The van der Waals surface area contributed by atoms with Crippen molar-refractivity contribution in [3.63, 3.8) is 0 Å². The molecule has 2 rings (SSSR count). The van der Waals surface area contributed by atoms with Crippen molar-refractivity contribution in [2.75, 3.05) is 5.32 Å². The number of carbonyl (C=O) groups is 1. The van der Waals surface area contributed by atoms with Crippen molar-refractivity contribution >= 4 is 28.1 Å². The van der Waals surface area contributed by atoms with Gasteiger partial charge in [0.05, 0.1) is 11.4 Å². The Morgan fingerprint density at radius 1 is 1.45 bits per heavy atom. The second-order valence-corrected chi connectivity index (χ2v) is 4.96. The maximum absolute atomic E-state index is 13.6. The number of nitrogens with one attached hydrogen (secondary N) is 1. The van der Waals surface area contributed by atoms with Crippen LogP contribution < -0.4 is 11.1 Å². The van der Waals surface area contributed by atoms with E-state index in [1.807, 2.05) is 0 Å². The summed E-state index contributed by atoms with van der Waals surface area (Å²) in [6.45, 7) is 1.45. The highest BCUT2D eigenvalue weighted by Crippen LogP contribution is 2.26. The van der Waals surface area contributed by atoms with E-state index in [4.69, 9.17) is 10.8 Å². The number of hydrogen-bond donors (Lipinski definition) is 3. The third kappa shape index (κ3) is 2.91. The number of hydrogen-bond acceptors (Lipinski definition) is 5. The number of aryl methyl sites for hydroxylation is 1. The molecule has 2 aromatic rings. The fourth-order valence-corrected chi connectivity index (χ4v) is 2.23. The third-order valence-electron chi connectivity index (χ3n) is 2.60. The second-order valence-electron chi connectivity index (χ2n) is 4.10. The van der Waals surface area contributed by atoms with Crippen molar-refractivity contribution in [3.05, 3.63) is 40.4 Å². The van der Waals surface area contributed by atoms with Crippen molar-refractivity contribution in [3.8, 4) is 0 Å². The SMILES string of the molecule is Cc1cc(F)c(Nc2nc(C(N)C(=O)O)cs2)cc1F. The number of aliphatic carboxylic acids is 1. The molecule has 0 aliphatic carbocycles. The van der Waals surface area contributed by atoms with Crippen LogP contribution in [-0.2, 0) is 4.79 Å². The molecule has 106 valence electrons. The summed E-state index contributed by atoms with van der Waals surface area (Å²) in [4.78, 5) is 14.6. The molecule has 4 N–H and O–H groups in total. The first-order chi connectivity index (χ1) is 9.38. The van der Waals surface area contributed by atoms with Gasteiger partial charge in [0.2, 0.25) is 0 Å². The highest BCUT2D eigenvalue weighted by molar-refractivity contribution is 7.13. The number of thiazole rings is 1. The van der Waals surface area contributed by atoms with Crippen LogP contribution in [0.15, 0.2) is 17.5 Å². The van der Waals surface area contributed by atoms with Crippen LogP contribution in [0.25, 0.3) is 0 Å².